The molecular formula is C10H12N2O3. The molecule has 0 spiro atoms. The van der Waals surface area contributed by atoms with Crippen molar-refractivity contribution in [2.24, 2.45) is 5.73 Å². The fourth-order valence-corrected chi connectivity index (χ4v) is 0.965. The fraction of sp³-hybridized carbons (Fsp3) is 0.200. The van der Waals surface area contributed by atoms with E-state index in [1.807, 2.05) is 0 Å². The van der Waals surface area contributed by atoms with E-state index in [2.05, 4.69) is 5.32 Å². The van der Waals surface area contributed by atoms with Crippen molar-refractivity contribution in [2.75, 3.05) is 5.32 Å². The molecule has 0 fully saturated rings. The Balaban J connectivity index is 2.73. The number of anilines is 1. The molecule has 15 heavy (non-hydrogen) atoms. The number of carbonyl (C=O) groups is 2. The summed E-state index contributed by atoms with van der Waals surface area (Å²) in [6, 6.07) is 6.08. The fourth-order valence-electron chi connectivity index (χ4n) is 0.965. The highest BCUT2D eigenvalue weighted by Gasteiger charge is 2.08. The Morgan fingerprint density at radius 3 is 2.27 bits per heavy atom. The normalized spacial score (nSPS) is 11.9. The maximum Gasteiger partial charge on any atom is 0.252 e. The molecule has 5 heteroatoms. The van der Waals surface area contributed by atoms with Gasteiger partial charge >= 0.3 is 0 Å². The molecule has 1 rings (SSSR count). The molecular weight excluding hydrogens is 196 g/mol. The van der Waals surface area contributed by atoms with Gasteiger partial charge in [-0.3, -0.25) is 9.59 Å². The Morgan fingerprint density at radius 1 is 1.33 bits per heavy atom. The van der Waals surface area contributed by atoms with Crippen LogP contribution in [0.4, 0.5) is 5.69 Å². The number of hydrogen-bond donors (Lipinski definition) is 3. The van der Waals surface area contributed by atoms with Crippen molar-refractivity contribution in [1.29, 1.82) is 0 Å². The van der Waals surface area contributed by atoms with Crippen molar-refractivity contribution in [3.8, 4) is 0 Å². The van der Waals surface area contributed by atoms with Gasteiger partial charge in [0.2, 0.25) is 5.91 Å². The highest BCUT2D eigenvalue weighted by Crippen LogP contribution is 2.09. The van der Waals surface area contributed by atoms with Crippen LogP contribution in [-0.4, -0.2) is 23.0 Å². The van der Waals surface area contributed by atoms with Gasteiger partial charge in [-0.25, -0.2) is 0 Å². The predicted octanol–water partition coefficient (Wildman–Crippen LogP) is 0.105. The predicted molar refractivity (Wildman–Crippen MR) is 55.3 cm³/mol. The van der Waals surface area contributed by atoms with Gasteiger partial charge in [-0.1, -0.05) is 0 Å². The second-order valence-electron chi connectivity index (χ2n) is 3.11. The van der Waals surface area contributed by atoms with Crippen LogP contribution in [0.5, 0.6) is 0 Å². The molecule has 1 aromatic carbocycles. The van der Waals surface area contributed by atoms with Crippen molar-refractivity contribution >= 4 is 17.5 Å². The molecule has 80 valence electrons. The lowest BCUT2D eigenvalue weighted by molar-refractivity contribution is -0.123. The number of aliphatic hydroxyl groups is 1. The third-order valence-corrected chi connectivity index (χ3v) is 1.82. The quantitative estimate of drug-likeness (QED) is 0.658. The minimum Gasteiger partial charge on any atom is -0.384 e. The highest BCUT2D eigenvalue weighted by atomic mass is 16.3. The number of benzene rings is 1. The Morgan fingerprint density at radius 2 is 1.87 bits per heavy atom. The number of rotatable bonds is 3. The largest absolute Gasteiger partial charge is 0.384 e. The molecule has 1 unspecified atom stereocenters. The van der Waals surface area contributed by atoms with Gasteiger partial charge in [0.25, 0.3) is 5.91 Å². The van der Waals surface area contributed by atoms with Gasteiger partial charge in [0.15, 0.2) is 0 Å². The molecule has 1 atom stereocenters. The molecule has 0 saturated carbocycles. The topological polar surface area (TPSA) is 92.4 Å². The minimum atomic E-state index is -1.07. The third kappa shape index (κ3) is 3.07. The molecule has 0 aliphatic rings. The first-order valence-corrected chi connectivity index (χ1v) is 4.39. The summed E-state index contributed by atoms with van der Waals surface area (Å²) < 4.78 is 0. The van der Waals surface area contributed by atoms with Gasteiger partial charge in [-0.2, -0.15) is 0 Å². The molecule has 0 saturated heterocycles. The average Bonchev–Trinajstić information content (AvgIpc) is 2.18. The maximum absolute atomic E-state index is 11.1. The maximum atomic E-state index is 11.1. The van der Waals surface area contributed by atoms with Crippen molar-refractivity contribution in [3.63, 3.8) is 0 Å². The van der Waals surface area contributed by atoms with E-state index in [1.165, 1.54) is 19.1 Å². The molecule has 2 amide bonds. The number of primary amides is 1. The number of hydrogen-bond acceptors (Lipinski definition) is 3. The van der Waals surface area contributed by atoms with Crippen LogP contribution in [-0.2, 0) is 4.79 Å². The number of nitrogens with two attached hydrogens (primary N) is 1. The summed E-state index contributed by atoms with van der Waals surface area (Å²) in [5.74, 6) is -1.02. The standard InChI is InChI=1S/C10H12N2O3/c1-6(13)10(15)12-8-4-2-7(3-5-8)9(11)14/h2-6,13H,1H3,(H2,11,14)(H,12,15). The highest BCUT2D eigenvalue weighted by molar-refractivity contribution is 5.95. The minimum absolute atomic E-state index is 0.366. The molecule has 0 radical (unpaired) electrons. The smallest absolute Gasteiger partial charge is 0.252 e. The van der Waals surface area contributed by atoms with E-state index in [4.69, 9.17) is 10.8 Å². The van der Waals surface area contributed by atoms with Gasteiger partial charge in [0, 0.05) is 11.3 Å². The summed E-state index contributed by atoms with van der Waals surface area (Å²) in [6.45, 7) is 1.37. The summed E-state index contributed by atoms with van der Waals surface area (Å²) in [7, 11) is 0. The first-order valence-electron chi connectivity index (χ1n) is 4.39. The molecule has 0 bridgehead atoms. The van der Waals surface area contributed by atoms with E-state index >= 15 is 0 Å². The van der Waals surface area contributed by atoms with Crippen LogP contribution in [0, 0.1) is 0 Å². The number of amides is 2. The van der Waals surface area contributed by atoms with E-state index in [0.29, 0.717) is 11.3 Å². The van der Waals surface area contributed by atoms with Crippen LogP contribution in [0.25, 0.3) is 0 Å². The summed E-state index contributed by atoms with van der Waals surface area (Å²) in [5.41, 5.74) is 5.92. The second kappa shape index (κ2) is 4.56. The van der Waals surface area contributed by atoms with Crippen molar-refractivity contribution in [3.05, 3.63) is 29.8 Å². The average molecular weight is 208 g/mol. The molecule has 4 N–H and O–H groups in total. The lowest BCUT2D eigenvalue weighted by Crippen LogP contribution is -2.24. The molecule has 0 aliphatic heterocycles. The zero-order chi connectivity index (χ0) is 11.4. The van der Waals surface area contributed by atoms with Gasteiger partial charge < -0.3 is 16.2 Å². The Bertz CT molecular complexity index is 371. The zero-order valence-corrected chi connectivity index (χ0v) is 8.23. The van der Waals surface area contributed by atoms with E-state index < -0.39 is 17.9 Å². The summed E-state index contributed by atoms with van der Waals surface area (Å²) >= 11 is 0. The lowest BCUT2D eigenvalue weighted by atomic mass is 10.2. The number of carbonyl (C=O) groups excluding carboxylic acids is 2. The molecule has 0 aromatic heterocycles. The zero-order valence-electron chi connectivity index (χ0n) is 8.23. The Labute approximate surface area is 86.9 Å². The monoisotopic (exact) mass is 208 g/mol. The third-order valence-electron chi connectivity index (χ3n) is 1.82. The van der Waals surface area contributed by atoms with Crippen LogP contribution in [0.15, 0.2) is 24.3 Å². The van der Waals surface area contributed by atoms with Crippen LogP contribution < -0.4 is 11.1 Å². The van der Waals surface area contributed by atoms with Crippen LogP contribution in [0.3, 0.4) is 0 Å². The first-order chi connectivity index (χ1) is 7.00. The Hall–Kier alpha value is -1.88. The van der Waals surface area contributed by atoms with Gasteiger partial charge in [-0.15, -0.1) is 0 Å². The van der Waals surface area contributed by atoms with Crippen LogP contribution in [0.2, 0.25) is 0 Å². The molecule has 5 nitrogen and oxygen atoms in total. The summed E-state index contributed by atoms with van der Waals surface area (Å²) in [5, 5.41) is 11.4. The van der Waals surface area contributed by atoms with E-state index in [9.17, 15) is 9.59 Å². The molecule has 1 aromatic rings. The second-order valence-corrected chi connectivity index (χ2v) is 3.11. The Kier molecular flexibility index (Phi) is 3.41. The summed E-state index contributed by atoms with van der Waals surface area (Å²) in [4.78, 5) is 21.8. The number of aliphatic hydroxyl groups excluding tert-OH is 1. The number of nitrogens with one attached hydrogen (secondary N) is 1. The van der Waals surface area contributed by atoms with Crippen LogP contribution in [0.1, 0.15) is 17.3 Å². The van der Waals surface area contributed by atoms with Crippen molar-refractivity contribution < 1.29 is 14.7 Å². The SMILES string of the molecule is CC(O)C(=O)Nc1ccc(C(N)=O)cc1. The first kappa shape index (κ1) is 11.2. The van der Waals surface area contributed by atoms with E-state index in [-0.39, 0.29) is 0 Å². The van der Waals surface area contributed by atoms with E-state index in [0.717, 1.165) is 0 Å². The molecule has 0 heterocycles. The van der Waals surface area contributed by atoms with Crippen molar-refractivity contribution in [1.82, 2.24) is 0 Å². The van der Waals surface area contributed by atoms with Gasteiger partial charge in [0.1, 0.15) is 6.10 Å². The van der Waals surface area contributed by atoms with Crippen molar-refractivity contribution in [2.45, 2.75) is 13.0 Å². The summed E-state index contributed by atoms with van der Waals surface area (Å²) in [6.07, 6.45) is -1.07. The van der Waals surface area contributed by atoms with Gasteiger partial charge in [-0.05, 0) is 31.2 Å². The van der Waals surface area contributed by atoms with Crippen LogP contribution >= 0.6 is 0 Å². The lowest BCUT2D eigenvalue weighted by Gasteiger charge is -2.06. The van der Waals surface area contributed by atoms with Gasteiger partial charge in [0.05, 0.1) is 0 Å². The van der Waals surface area contributed by atoms with E-state index in [1.54, 1.807) is 12.1 Å². The molecule has 0 aliphatic carbocycles.